The highest BCUT2D eigenvalue weighted by molar-refractivity contribution is 5.95. The van der Waals surface area contributed by atoms with Crippen LogP contribution in [0.1, 0.15) is 34.3 Å². The largest absolute Gasteiger partial charge is 0.497 e. The molecule has 1 N–H and O–H groups in total. The van der Waals surface area contributed by atoms with Gasteiger partial charge in [0.2, 0.25) is 5.91 Å². The van der Waals surface area contributed by atoms with Gasteiger partial charge >= 0.3 is 0 Å². The van der Waals surface area contributed by atoms with E-state index in [1.807, 2.05) is 36.1 Å². The third kappa shape index (κ3) is 4.97. The number of carbonyl (C=O) groups is 2. The zero-order valence-electron chi connectivity index (χ0n) is 17.6. The van der Waals surface area contributed by atoms with Gasteiger partial charge in [-0.05, 0) is 49.6 Å². The van der Waals surface area contributed by atoms with Gasteiger partial charge in [0.15, 0.2) is 0 Å². The van der Waals surface area contributed by atoms with E-state index in [4.69, 9.17) is 9.47 Å². The Hall–Kier alpha value is -3.35. The van der Waals surface area contributed by atoms with Gasteiger partial charge in [-0.1, -0.05) is 18.2 Å². The van der Waals surface area contributed by atoms with E-state index in [9.17, 15) is 9.59 Å². The Bertz CT molecular complexity index is 934. The number of carbonyl (C=O) groups excluding carboxylic acids is 2. The number of aryl methyl sites for hydroxylation is 1. The standard InChI is InChI=1S/C23H27N3O4/c1-16-6-4-5-7-20(16)23(28)26-12-10-17(11-13-26)22(27)25-24-15-18-14-19(29-2)8-9-21(18)30-3/h4-9,14-15,17H,10-13H2,1-3H3,(H,25,27)/b24-15-. The predicted octanol–water partition coefficient (Wildman–Crippen LogP) is 3.01. The fraction of sp³-hybridized carbons (Fsp3) is 0.348. The summed E-state index contributed by atoms with van der Waals surface area (Å²) in [7, 11) is 3.16. The highest BCUT2D eigenvalue weighted by atomic mass is 16.5. The highest BCUT2D eigenvalue weighted by Crippen LogP contribution is 2.23. The first-order valence-corrected chi connectivity index (χ1v) is 9.93. The third-order valence-corrected chi connectivity index (χ3v) is 5.34. The van der Waals surface area contributed by atoms with Crippen molar-refractivity contribution in [3.63, 3.8) is 0 Å². The van der Waals surface area contributed by atoms with Gasteiger partial charge in [0, 0.05) is 30.1 Å². The molecular weight excluding hydrogens is 382 g/mol. The molecule has 0 atom stereocenters. The molecule has 3 rings (SSSR count). The van der Waals surface area contributed by atoms with Crippen LogP contribution in [0.5, 0.6) is 11.5 Å². The average Bonchev–Trinajstić information content (AvgIpc) is 2.79. The Balaban J connectivity index is 1.54. The minimum Gasteiger partial charge on any atom is -0.497 e. The van der Waals surface area contributed by atoms with Gasteiger partial charge in [0.25, 0.3) is 5.91 Å². The number of hydrazone groups is 1. The molecule has 7 nitrogen and oxygen atoms in total. The van der Waals surface area contributed by atoms with Crippen molar-refractivity contribution in [1.82, 2.24) is 10.3 Å². The molecule has 1 aliphatic rings. The summed E-state index contributed by atoms with van der Waals surface area (Å²) in [4.78, 5) is 27.0. The van der Waals surface area contributed by atoms with Gasteiger partial charge in [0.1, 0.15) is 11.5 Å². The van der Waals surface area contributed by atoms with Crippen molar-refractivity contribution in [3.8, 4) is 11.5 Å². The van der Waals surface area contributed by atoms with E-state index >= 15 is 0 Å². The van der Waals surface area contributed by atoms with Crippen LogP contribution in [0.3, 0.4) is 0 Å². The predicted molar refractivity (Wildman–Crippen MR) is 115 cm³/mol. The summed E-state index contributed by atoms with van der Waals surface area (Å²) in [5.74, 6) is 1.02. The first-order chi connectivity index (χ1) is 14.5. The second-order valence-electron chi connectivity index (χ2n) is 7.22. The highest BCUT2D eigenvalue weighted by Gasteiger charge is 2.28. The molecule has 1 saturated heterocycles. The number of likely N-dealkylation sites (tertiary alicyclic amines) is 1. The van der Waals surface area contributed by atoms with Crippen molar-refractivity contribution in [1.29, 1.82) is 0 Å². The number of piperidine rings is 1. The van der Waals surface area contributed by atoms with Crippen LogP contribution in [0.15, 0.2) is 47.6 Å². The van der Waals surface area contributed by atoms with Gasteiger partial charge in [-0.25, -0.2) is 5.43 Å². The second-order valence-corrected chi connectivity index (χ2v) is 7.22. The summed E-state index contributed by atoms with van der Waals surface area (Å²) in [5, 5.41) is 4.07. The lowest BCUT2D eigenvalue weighted by Gasteiger charge is -2.31. The van der Waals surface area contributed by atoms with E-state index in [-0.39, 0.29) is 17.7 Å². The van der Waals surface area contributed by atoms with Crippen LogP contribution in [0, 0.1) is 12.8 Å². The van der Waals surface area contributed by atoms with Crippen molar-refractivity contribution in [2.45, 2.75) is 19.8 Å². The normalized spacial score (nSPS) is 14.6. The molecule has 1 fully saturated rings. The van der Waals surface area contributed by atoms with Crippen LogP contribution < -0.4 is 14.9 Å². The molecule has 30 heavy (non-hydrogen) atoms. The molecular formula is C23H27N3O4. The maximum Gasteiger partial charge on any atom is 0.254 e. The van der Waals surface area contributed by atoms with Crippen LogP contribution in [-0.2, 0) is 4.79 Å². The Morgan fingerprint density at radius 3 is 2.50 bits per heavy atom. The van der Waals surface area contributed by atoms with Crippen molar-refractivity contribution >= 4 is 18.0 Å². The van der Waals surface area contributed by atoms with Gasteiger partial charge in [-0.2, -0.15) is 5.10 Å². The number of nitrogens with zero attached hydrogens (tertiary/aromatic N) is 2. The van der Waals surface area contributed by atoms with Crippen LogP contribution in [0.2, 0.25) is 0 Å². The van der Waals surface area contributed by atoms with Crippen molar-refractivity contribution in [2.75, 3.05) is 27.3 Å². The Kier molecular flexibility index (Phi) is 7.06. The lowest BCUT2D eigenvalue weighted by Crippen LogP contribution is -2.42. The maximum atomic E-state index is 12.7. The fourth-order valence-corrected chi connectivity index (χ4v) is 3.52. The Labute approximate surface area is 176 Å². The molecule has 0 unspecified atom stereocenters. The summed E-state index contributed by atoms with van der Waals surface area (Å²) in [6, 6.07) is 12.9. The number of benzene rings is 2. The summed E-state index contributed by atoms with van der Waals surface area (Å²) >= 11 is 0. The molecule has 1 heterocycles. The topological polar surface area (TPSA) is 80.2 Å². The third-order valence-electron chi connectivity index (χ3n) is 5.34. The molecule has 1 aliphatic heterocycles. The molecule has 2 aromatic carbocycles. The van der Waals surface area contributed by atoms with Crippen LogP contribution >= 0.6 is 0 Å². The summed E-state index contributed by atoms with van der Waals surface area (Å²) in [6.45, 7) is 3.04. The molecule has 0 radical (unpaired) electrons. The first kappa shape index (κ1) is 21.4. The van der Waals surface area contributed by atoms with E-state index in [1.165, 1.54) is 6.21 Å². The van der Waals surface area contributed by atoms with Crippen molar-refractivity contribution in [2.24, 2.45) is 11.0 Å². The number of rotatable bonds is 6. The summed E-state index contributed by atoms with van der Waals surface area (Å²) < 4.78 is 10.5. The van der Waals surface area contributed by atoms with E-state index in [1.54, 1.807) is 32.4 Å². The van der Waals surface area contributed by atoms with Gasteiger partial charge in [-0.3, -0.25) is 9.59 Å². The minimum absolute atomic E-state index is 0.0232. The van der Waals surface area contributed by atoms with Crippen molar-refractivity contribution < 1.29 is 19.1 Å². The van der Waals surface area contributed by atoms with E-state index in [2.05, 4.69) is 10.5 Å². The number of ether oxygens (including phenoxy) is 2. The zero-order chi connectivity index (χ0) is 21.5. The molecule has 2 amide bonds. The molecule has 0 bridgehead atoms. The Morgan fingerprint density at radius 1 is 1.10 bits per heavy atom. The molecule has 0 aliphatic carbocycles. The fourth-order valence-electron chi connectivity index (χ4n) is 3.52. The quantitative estimate of drug-likeness (QED) is 0.588. The molecule has 0 spiro atoms. The minimum atomic E-state index is -0.171. The van der Waals surface area contributed by atoms with E-state index < -0.39 is 0 Å². The second kappa shape index (κ2) is 9.91. The Morgan fingerprint density at radius 2 is 1.83 bits per heavy atom. The first-order valence-electron chi connectivity index (χ1n) is 9.93. The van der Waals surface area contributed by atoms with Gasteiger partial charge in [0.05, 0.1) is 20.4 Å². The zero-order valence-corrected chi connectivity index (χ0v) is 17.6. The average molecular weight is 409 g/mol. The van der Waals surface area contributed by atoms with E-state index in [0.717, 1.165) is 11.1 Å². The number of hydrogen-bond donors (Lipinski definition) is 1. The lowest BCUT2D eigenvalue weighted by molar-refractivity contribution is -0.126. The molecule has 0 aromatic heterocycles. The lowest BCUT2D eigenvalue weighted by atomic mass is 9.95. The molecule has 2 aromatic rings. The molecule has 158 valence electrons. The van der Waals surface area contributed by atoms with Gasteiger partial charge in [-0.15, -0.1) is 0 Å². The number of amides is 2. The van der Waals surface area contributed by atoms with Gasteiger partial charge < -0.3 is 14.4 Å². The molecule has 0 saturated carbocycles. The number of nitrogens with one attached hydrogen (secondary N) is 1. The van der Waals surface area contributed by atoms with E-state index in [0.29, 0.717) is 43.0 Å². The van der Waals surface area contributed by atoms with Crippen LogP contribution in [0.25, 0.3) is 0 Å². The summed E-state index contributed by atoms with van der Waals surface area (Å²) in [6.07, 6.45) is 2.76. The monoisotopic (exact) mass is 409 g/mol. The van der Waals surface area contributed by atoms with Crippen LogP contribution in [-0.4, -0.2) is 50.2 Å². The SMILES string of the molecule is COc1ccc(OC)c(/C=N\NC(=O)C2CCN(C(=O)c3ccccc3C)CC2)c1. The van der Waals surface area contributed by atoms with Crippen LogP contribution in [0.4, 0.5) is 0 Å². The number of methoxy groups -OCH3 is 2. The summed E-state index contributed by atoms with van der Waals surface area (Å²) in [5.41, 5.74) is 4.99. The number of hydrogen-bond acceptors (Lipinski definition) is 5. The maximum absolute atomic E-state index is 12.7. The smallest absolute Gasteiger partial charge is 0.254 e. The van der Waals surface area contributed by atoms with Crippen molar-refractivity contribution in [3.05, 3.63) is 59.2 Å². The molecule has 7 heteroatoms.